The van der Waals surface area contributed by atoms with E-state index in [1.807, 2.05) is 54.1 Å². The molecule has 144 valence electrons. The van der Waals surface area contributed by atoms with Crippen LogP contribution in [0.15, 0.2) is 67.3 Å². The van der Waals surface area contributed by atoms with E-state index in [0.29, 0.717) is 12.2 Å². The number of nitrogens with one attached hydrogen (secondary N) is 3. The lowest BCUT2D eigenvalue weighted by Crippen LogP contribution is -2.36. The molecule has 3 aromatic rings. The molecular weight excluding hydrogens is 356 g/mol. The Bertz CT molecular complexity index is 938. The van der Waals surface area contributed by atoms with Gasteiger partial charge in [-0.25, -0.2) is 14.6 Å². The average Bonchev–Trinajstić information content (AvgIpc) is 3.21. The quantitative estimate of drug-likeness (QED) is 0.529. The number of carbonyl (C=O) groups is 2. The number of aromatic nitrogens is 2. The summed E-state index contributed by atoms with van der Waals surface area (Å²) in [5.41, 5.74) is 8.54. The smallest absolute Gasteiger partial charge is 0.316 e. The van der Waals surface area contributed by atoms with E-state index in [-0.39, 0.29) is 12.1 Å². The van der Waals surface area contributed by atoms with Crippen molar-refractivity contribution in [1.29, 1.82) is 0 Å². The SMILES string of the molecule is CC(NC(=O)NCc1ccccc1-n1ccnc1)c1ccc(NC(N)=O)cc1. The summed E-state index contributed by atoms with van der Waals surface area (Å²) >= 11 is 0. The first-order valence-electron chi connectivity index (χ1n) is 8.80. The van der Waals surface area contributed by atoms with Crippen LogP contribution in [0.2, 0.25) is 0 Å². The largest absolute Gasteiger partial charge is 0.351 e. The van der Waals surface area contributed by atoms with Crippen LogP contribution in [-0.2, 0) is 6.54 Å². The highest BCUT2D eigenvalue weighted by Gasteiger charge is 2.11. The van der Waals surface area contributed by atoms with Crippen LogP contribution in [0, 0.1) is 0 Å². The second-order valence-corrected chi connectivity index (χ2v) is 6.26. The lowest BCUT2D eigenvalue weighted by Gasteiger charge is -2.16. The number of benzene rings is 2. The Morgan fingerprint density at radius 3 is 2.57 bits per heavy atom. The Balaban J connectivity index is 1.57. The number of nitrogens with two attached hydrogens (primary N) is 1. The third-order valence-electron chi connectivity index (χ3n) is 4.24. The standard InChI is InChI=1S/C20H22N6O2/c1-14(15-6-8-17(9-7-15)25-19(21)27)24-20(28)23-12-16-4-2-3-5-18(16)26-11-10-22-13-26/h2-11,13-14H,12H2,1H3,(H3,21,25,27)(H2,23,24,28). The second-order valence-electron chi connectivity index (χ2n) is 6.26. The number of carbonyl (C=O) groups excluding carboxylic acids is 2. The molecule has 0 bridgehead atoms. The first kappa shape index (κ1) is 19.0. The number of urea groups is 2. The fraction of sp³-hybridized carbons (Fsp3) is 0.150. The van der Waals surface area contributed by atoms with E-state index >= 15 is 0 Å². The van der Waals surface area contributed by atoms with Gasteiger partial charge >= 0.3 is 12.1 Å². The van der Waals surface area contributed by atoms with Gasteiger partial charge in [-0.15, -0.1) is 0 Å². The van der Waals surface area contributed by atoms with E-state index < -0.39 is 6.03 Å². The first-order valence-corrected chi connectivity index (χ1v) is 8.80. The maximum atomic E-state index is 12.3. The van der Waals surface area contributed by atoms with Crippen LogP contribution in [-0.4, -0.2) is 21.6 Å². The molecule has 1 heterocycles. The molecule has 1 aromatic heterocycles. The van der Waals surface area contributed by atoms with Gasteiger partial charge < -0.3 is 26.3 Å². The van der Waals surface area contributed by atoms with Crippen LogP contribution in [0.5, 0.6) is 0 Å². The van der Waals surface area contributed by atoms with Crippen LogP contribution in [0.1, 0.15) is 24.1 Å². The van der Waals surface area contributed by atoms with E-state index in [2.05, 4.69) is 20.9 Å². The monoisotopic (exact) mass is 378 g/mol. The highest BCUT2D eigenvalue weighted by Crippen LogP contribution is 2.16. The number of anilines is 1. The van der Waals surface area contributed by atoms with E-state index in [9.17, 15) is 9.59 Å². The number of imidazole rings is 1. The summed E-state index contributed by atoms with van der Waals surface area (Å²) < 4.78 is 1.90. The summed E-state index contributed by atoms with van der Waals surface area (Å²) in [7, 11) is 0. The molecule has 0 aliphatic heterocycles. The minimum atomic E-state index is -0.616. The topological polar surface area (TPSA) is 114 Å². The number of para-hydroxylation sites is 1. The van der Waals surface area contributed by atoms with Gasteiger partial charge in [0.05, 0.1) is 18.1 Å². The van der Waals surface area contributed by atoms with Crippen LogP contribution >= 0.6 is 0 Å². The second kappa shape index (κ2) is 8.72. The molecule has 2 aromatic carbocycles. The van der Waals surface area contributed by atoms with Crippen LogP contribution < -0.4 is 21.7 Å². The third kappa shape index (κ3) is 4.88. The maximum absolute atomic E-state index is 12.3. The van der Waals surface area contributed by atoms with Gasteiger partial charge in [-0.2, -0.15) is 0 Å². The van der Waals surface area contributed by atoms with Gasteiger partial charge in [0.15, 0.2) is 0 Å². The molecule has 28 heavy (non-hydrogen) atoms. The number of rotatable bonds is 6. The zero-order valence-electron chi connectivity index (χ0n) is 15.4. The summed E-state index contributed by atoms with van der Waals surface area (Å²) in [4.78, 5) is 27.2. The molecule has 5 N–H and O–H groups in total. The Morgan fingerprint density at radius 2 is 1.89 bits per heavy atom. The van der Waals surface area contributed by atoms with Gasteiger partial charge in [0.1, 0.15) is 0 Å². The average molecular weight is 378 g/mol. The Kier molecular flexibility index (Phi) is 5.91. The van der Waals surface area contributed by atoms with Crippen molar-refractivity contribution in [3.8, 4) is 5.69 Å². The molecule has 1 unspecified atom stereocenters. The van der Waals surface area contributed by atoms with Crippen molar-refractivity contribution >= 4 is 17.7 Å². The zero-order valence-corrected chi connectivity index (χ0v) is 15.4. The Morgan fingerprint density at radius 1 is 1.14 bits per heavy atom. The van der Waals surface area contributed by atoms with Crippen molar-refractivity contribution in [3.05, 3.63) is 78.4 Å². The number of amides is 4. The van der Waals surface area contributed by atoms with Gasteiger partial charge in [-0.05, 0) is 36.2 Å². The van der Waals surface area contributed by atoms with Crippen molar-refractivity contribution in [3.63, 3.8) is 0 Å². The zero-order chi connectivity index (χ0) is 19.9. The number of primary amides is 1. The first-order chi connectivity index (χ1) is 13.5. The predicted octanol–water partition coefficient (Wildman–Crippen LogP) is 2.92. The normalized spacial score (nSPS) is 11.5. The molecule has 0 aliphatic rings. The van der Waals surface area contributed by atoms with Crippen molar-refractivity contribution < 1.29 is 9.59 Å². The summed E-state index contributed by atoms with van der Waals surface area (Å²) in [5.74, 6) is 0. The fourth-order valence-corrected chi connectivity index (χ4v) is 2.82. The van der Waals surface area contributed by atoms with E-state index in [1.165, 1.54) is 0 Å². The molecule has 0 saturated heterocycles. The summed E-state index contributed by atoms with van der Waals surface area (Å²) in [5, 5.41) is 8.28. The van der Waals surface area contributed by atoms with Crippen molar-refractivity contribution in [1.82, 2.24) is 20.2 Å². The highest BCUT2D eigenvalue weighted by molar-refractivity contribution is 5.87. The van der Waals surface area contributed by atoms with Gasteiger partial charge in [0, 0.05) is 24.6 Å². The number of hydrogen-bond donors (Lipinski definition) is 4. The van der Waals surface area contributed by atoms with Crippen LogP contribution in [0.4, 0.5) is 15.3 Å². The molecule has 4 amide bonds. The molecule has 8 heteroatoms. The van der Waals surface area contributed by atoms with E-state index in [4.69, 9.17) is 5.73 Å². The maximum Gasteiger partial charge on any atom is 0.316 e. The summed E-state index contributed by atoms with van der Waals surface area (Å²) in [6, 6.07) is 13.8. The summed E-state index contributed by atoms with van der Waals surface area (Å²) in [6.07, 6.45) is 5.29. The lowest BCUT2D eigenvalue weighted by atomic mass is 10.1. The summed E-state index contributed by atoms with van der Waals surface area (Å²) in [6.45, 7) is 2.27. The van der Waals surface area contributed by atoms with Gasteiger partial charge in [-0.3, -0.25) is 0 Å². The van der Waals surface area contributed by atoms with Crippen molar-refractivity contribution in [2.24, 2.45) is 5.73 Å². The number of hydrogen-bond acceptors (Lipinski definition) is 3. The van der Waals surface area contributed by atoms with Crippen molar-refractivity contribution in [2.45, 2.75) is 19.5 Å². The molecule has 0 aliphatic carbocycles. The molecule has 0 saturated carbocycles. The molecule has 0 spiro atoms. The molecule has 1 atom stereocenters. The predicted molar refractivity (Wildman–Crippen MR) is 107 cm³/mol. The van der Waals surface area contributed by atoms with E-state index in [0.717, 1.165) is 16.8 Å². The molecule has 8 nitrogen and oxygen atoms in total. The molecule has 3 rings (SSSR count). The van der Waals surface area contributed by atoms with E-state index in [1.54, 1.807) is 24.7 Å². The highest BCUT2D eigenvalue weighted by atomic mass is 16.2. The van der Waals surface area contributed by atoms with Crippen molar-refractivity contribution in [2.75, 3.05) is 5.32 Å². The van der Waals surface area contributed by atoms with Crippen LogP contribution in [0.3, 0.4) is 0 Å². The van der Waals surface area contributed by atoms with Crippen LogP contribution in [0.25, 0.3) is 5.69 Å². The Hall–Kier alpha value is -3.81. The third-order valence-corrected chi connectivity index (χ3v) is 4.24. The lowest BCUT2D eigenvalue weighted by molar-refractivity contribution is 0.237. The Labute approximate surface area is 162 Å². The minimum absolute atomic E-state index is 0.202. The van der Waals surface area contributed by atoms with Gasteiger partial charge in [-0.1, -0.05) is 30.3 Å². The molecule has 0 radical (unpaired) electrons. The molecular formula is C20H22N6O2. The van der Waals surface area contributed by atoms with Gasteiger partial charge in [0.2, 0.25) is 0 Å². The van der Waals surface area contributed by atoms with Gasteiger partial charge in [0.25, 0.3) is 0 Å². The number of nitrogens with zero attached hydrogens (tertiary/aromatic N) is 2. The molecule has 0 fully saturated rings. The fourth-order valence-electron chi connectivity index (χ4n) is 2.82. The minimum Gasteiger partial charge on any atom is -0.351 e.